The number of esters is 1. The summed E-state index contributed by atoms with van der Waals surface area (Å²) in [5, 5.41) is 13.6. The molecule has 1 N–H and O–H groups in total. The molecule has 0 aliphatic rings. The molecule has 1 aromatic heterocycles. The highest BCUT2D eigenvalue weighted by Crippen LogP contribution is 2.13. The minimum absolute atomic E-state index is 0.00946. The van der Waals surface area contributed by atoms with E-state index in [1.54, 1.807) is 0 Å². The van der Waals surface area contributed by atoms with E-state index < -0.39 is 5.97 Å². The maximum Gasteiger partial charge on any atom is 0.350 e. The van der Waals surface area contributed by atoms with Crippen molar-refractivity contribution in [3.05, 3.63) is 53.4 Å². The lowest BCUT2D eigenvalue weighted by atomic mass is 10.1. The predicted octanol–water partition coefficient (Wildman–Crippen LogP) is 3.09. The molecule has 0 radical (unpaired) electrons. The Morgan fingerprint density at radius 1 is 1.19 bits per heavy atom. The lowest BCUT2D eigenvalue weighted by Crippen LogP contribution is -2.20. The van der Waals surface area contributed by atoms with Crippen LogP contribution in [0, 0.1) is 11.3 Å². The first-order valence-electron chi connectivity index (χ1n) is 8.66. The zero-order valence-corrected chi connectivity index (χ0v) is 15.1. The van der Waals surface area contributed by atoms with Gasteiger partial charge >= 0.3 is 5.97 Å². The van der Waals surface area contributed by atoms with Crippen molar-refractivity contribution in [2.45, 2.75) is 26.8 Å². The summed E-state index contributed by atoms with van der Waals surface area (Å²) < 4.78 is 10.2. The van der Waals surface area contributed by atoms with Gasteiger partial charge in [0.25, 0.3) is 0 Å². The molecule has 0 saturated heterocycles. The van der Waals surface area contributed by atoms with Crippen molar-refractivity contribution in [1.82, 2.24) is 10.3 Å². The number of hydrogen-bond acceptors (Lipinski definition) is 6. The SMILES string of the molecule is CCOCCOC(=O)/C(C#N)=C(/CC)NCc1ccc2ccccc2n1. The smallest absolute Gasteiger partial charge is 0.350 e. The Labute approximate surface area is 153 Å². The van der Waals surface area contributed by atoms with Crippen molar-refractivity contribution in [3.63, 3.8) is 0 Å². The number of allylic oxidation sites excluding steroid dienone is 1. The zero-order chi connectivity index (χ0) is 18.8. The largest absolute Gasteiger partial charge is 0.459 e. The van der Waals surface area contributed by atoms with Gasteiger partial charge in [0.2, 0.25) is 0 Å². The molecule has 0 fully saturated rings. The molecule has 2 rings (SSSR count). The molecule has 0 saturated carbocycles. The van der Waals surface area contributed by atoms with Crippen LogP contribution in [0.3, 0.4) is 0 Å². The number of ether oxygens (including phenoxy) is 2. The summed E-state index contributed by atoms with van der Waals surface area (Å²) in [7, 11) is 0. The summed E-state index contributed by atoms with van der Waals surface area (Å²) in [6.45, 7) is 5.16. The summed E-state index contributed by atoms with van der Waals surface area (Å²) in [4.78, 5) is 16.7. The number of nitriles is 1. The molecule has 0 aliphatic heterocycles. The minimum atomic E-state index is -0.636. The molecular formula is C20H23N3O3. The van der Waals surface area contributed by atoms with Crippen molar-refractivity contribution < 1.29 is 14.3 Å². The number of nitrogens with one attached hydrogen (secondary N) is 1. The van der Waals surface area contributed by atoms with Crippen molar-refractivity contribution in [1.29, 1.82) is 5.26 Å². The highest BCUT2D eigenvalue weighted by Gasteiger charge is 2.16. The van der Waals surface area contributed by atoms with Crippen LogP contribution in [0.5, 0.6) is 0 Å². The number of benzene rings is 1. The van der Waals surface area contributed by atoms with E-state index in [-0.39, 0.29) is 12.2 Å². The zero-order valence-electron chi connectivity index (χ0n) is 15.1. The Morgan fingerprint density at radius 3 is 2.73 bits per heavy atom. The van der Waals surface area contributed by atoms with E-state index in [2.05, 4.69) is 10.3 Å². The second-order valence-corrected chi connectivity index (χ2v) is 5.50. The summed E-state index contributed by atoms with van der Waals surface area (Å²) >= 11 is 0. The number of aromatic nitrogens is 1. The quantitative estimate of drug-likeness (QED) is 0.323. The number of fused-ring (bicyclic) bond motifs is 1. The van der Waals surface area contributed by atoms with Gasteiger partial charge in [-0.15, -0.1) is 0 Å². The van der Waals surface area contributed by atoms with Gasteiger partial charge in [-0.25, -0.2) is 4.79 Å². The van der Waals surface area contributed by atoms with E-state index in [1.165, 1.54) is 0 Å². The molecule has 6 heteroatoms. The molecule has 26 heavy (non-hydrogen) atoms. The van der Waals surface area contributed by atoms with E-state index in [9.17, 15) is 10.1 Å². The first kappa shape index (κ1) is 19.4. The van der Waals surface area contributed by atoms with Gasteiger partial charge in [0.15, 0.2) is 5.57 Å². The van der Waals surface area contributed by atoms with Gasteiger partial charge in [-0.1, -0.05) is 31.2 Å². The third-order valence-corrected chi connectivity index (χ3v) is 3.78. The molecule has 0 unspecified atom stereocenters. The standard InChI is InChI=1S/C20H23N3O3/c1-3-18(17(13-21)20(24)26-12-11-25-4-2)22-14-16-10-9-15-7-5-6-8-19(15)23-16/h5-10,22H,3-4,11-12,14H2,1-2H3/b18-17-. The lowest BCUT2D eigenvalue weighted by molar-refractivity contribution is -0.140. The van der Waals surface area contributed by atoms with E-state index in [1.807, 2.05) is 56.3 Å². The Morgan fingerprint density at radius 2 is 2.00 bits per heavy atom. The van der Waals surface area contributed by atoms with E-state index in [0.29, 0.717) is 31.9 Å². The summed E-state index contributed by atoms with van der Waals surface area (Å²) in [5.41, 5.74) is 2.27. The molecule has 136 valence electrons. The van der Waals surface area contributed by atoms with Crippen molar-refractivity contribution >= 4 is 16.9 Å². The number of pyridine rings is 1. The highest BCUT2D eigenvalue weighted by molar-refractivity contribution is 5.93. The van der Waals surface area contributed by atoms with Crippen LogP contribution in [0.15, 0.2) is 47.7 Å². The number of rotatable bonds is 9. The van der Waals surface area contributed by atoms with Gasteiger partial charge < -0.3 is 14.8 Å². The van der Waals surface area contributed by atoms with Crippen LogP contribution in [-0.4, -0.2) is 30.8 Å². The summed E-state index contributed by atoms with van der Waals surface area (Å²) in [5.74, 6) is -0.636. The average molecular weight is 353 g/mol. The molecule has 0 spiro atoms. The molecule has 0 amide bonds. The van der Waals surface area contributed by atoms with Gasteiger partial charge in [0, 0.05) is 17.7 Å². The predicted molar refractivity (Wildman–Crippen MR) is 99.0 cm³/mol. The molecular weight excluding hydrogens is 330 g/mol. The van der Waals surface area contributed by atoms with Crippen molar-refractivity contribution in [3.8, 4) is 6.07 Å². The van der Waals surface area contributed by atoms with Crippen LogP contribution in [0.2, 0.25) is 0 Å². The third-order valence-electron chi connectivity index (χ3n) is 3.78. The second-order valence-electron chi connectivity index (χ2n) is 5.50. The van der Waals surface area contributed by atoms with Gasteiger partial charge in [0.1, 0.15) is 12.7 Å². The van der Waals surface area contributed by atoms with E-state index >= 15 is 0 Å². The van der Waals surface area contributed by atoms with Crippen LogP contribution in [-0.2, 0) is 20.8 Å². The van der Waals surface area contributed by atoms with Crippen LogP contribution in [0.1, 0.15) is 26.0 Å². The summed E-state index contributed by atoms with van der Waals surface area (Å²) in [6.07, 6.45) is 0.511. The number of para-hydroxylation sites is 1. The molecule has 0 bridgehead atoms. The number of carbonyl (C=O) groups is 1. The van der Waals surface area contributed by atoms with Gasteiger partial charge in [0.05, 0.1) is 24.4 Å². The van der Waals surface area contributed by atoms with Crippen LogP contribution in [0.4, 0.5) is 0 Å². The topological polar surface area (TPSA) is 84.2 Å². The molecule has 6 nitrogen and oxygen atoms in total. The van der Waals surface area contributed by atoms with Crippen LogP contribution < -0.4 is 5.32 Å². The fraction of sp³-hybridized carbons (Fsp3) is 0.350. The molecule has 0 atom stereocenters. The Bertz CT molecular complexity index is 824. The van der Waals surface area contributed by atoms with Crippen molar-refractivity contribution in [2.24, 2.45) is 0 Å². The molecule has 2 aromatic rings. The Balaban J connectivity index is 2.05. The molecule has 1 aromatic carbocycles. The number of nitrogens with zero attached hydrogens (tertiary/aromatic N) is 2. The fourth-order valence-electron chi connectivity index (χ4n) is 2.44. The van der Waals surface area contributed by atoms with E-state index in [4.69, 9.17) is 9.47 Å². The minimum Gasteiger partial charge on any atom is -0.459 e. The average Bonchev–Trinajstić information content (AvgIpc) is 2.68. The fourth-order valence-corrected chi connectivity index (χ4v) is 2.44. The van der Waals surface area contributed by atoms with Crippen LogP contribution in [0.25, 0.3) is 10.9 Å². The second kappa shape index (κ2) is 10.2. The normalized spacial score (nSPS) is 11.6. The molecule has 0 aliphatic carbocycles. The van der Waals surface area contributed by atoms with Gasteiger partial charge in [-0.3, -0.25) is 4.98 Å². The highest BCUT2D eigenvalue weighted by atomic mass is 16.6. The lowest BCUT2D eigenvalue weighted by Gasteiger charge is -2.12. The van der Waals surface area contributed by atoms with Crippen LogP contribution >= 0.6 is 0 Å². The maximum atomic E-state index is 12.1. The summed E-state index contributed by atoms with van der Waals surface area (Å²) in [6, 6.07) is 13.7. The number of hydrogen-bond donors (Lipinski definition) is 1. The Hall–Kier alpha value is -2.91. The monoisotopic (exact) mass is 353 g/mol. The van der Waals surface area contributed by atoms with E-state index in [0.717, 1.165) is 16.6 Å². The Kier molecular flexibility index (Phi) is 7.59. The third kappa shape index (κ3) is 5.30. The first-order chi connectivity index (χ1) is 12.7. The first-order valence-corrected chi connectivity index (χ1v) is 8.66. The molecule has 1 heterocycles. The maximum absolute atomic E-state index is 12.1. The van der Waals surface area contributed by atoms with Crippen molar-refractivity contribution in [2.75, 3.05) is 19.8 Å². The van der Waals surface area contributed by atoms with Gasteiger partial charge in [-0.05, 0) is 25.5 Å². The number of carbonyl (C=O) groups excluding carboxylic acids is 1. The van der Waals surface area contributed by atoms with Gasteiger partial charge in [-0.2, -0.15) is 5.26 Å².